The Hall–Kier alpha value is -1.63. The monoisotopic (exact) mass is 244 g/mol. The summed E-state index contributed by atoms with van der Waals surface area (Å²) in [6.07, 6.45) is 3.77. The van der Waals surface area contributed by atoms with E-state index in [1.165, 1.54) is 18.5 Å². The van der Waals surface area contributed by atoms with E-state index in [1.54, 1.807) is 0 Å². The van der Waals surface area contributed by atoms with Crippen LogP contribution in [0.1, 0.15) is 10.4 Å². The number of nitrogens with one attached hydrogen (secondary N) is 2. The minimum atomic E-state index is -3.11. The molecule has 2 N–H and O–H groups in total. The SMILES string of the molecule is CS(=O)(=O)CCNC(=O)c1c[nH]ccc1=O. The maximum atomic E-state index is 11.4. The summed E-state index contributed by atoms with van der Waals surface area (Å²) in [5.74, 6) is -0.728. The normalized spacial score (nSPS) is 11.1. The summed E-state index contributed by atoms with van der Waals surface area (Å²) >= 11 is 0. The van der Waals surface area contributed by atoms with Gasteiger partial charge in [-0.1, -0.05) is 0 Å². The molecule has 0 spiro atoms. The smallest absolute Gasteiger partial charge is 0.256 e. The Labute approximate surface area is 92.6 Å². The van der Waals surface area contributed by atoms with Crippen molar-refractivity contribution in [3.8, 4) is 0 Å². The van der Waals surface area contributed by atoms with Gasteiger partial charge in [0.05, 0.1) is 5.75 Å². The highest BCUT2D eigenvalue weighted by Crippen LogP contribution is 1.88. The molecule has 88 valence electrons. The van der Waals surface area contributed by atoms with E-state index < -0.39 is 21.2 Å². The largest absolute Gasteiger partial charge is 0.367 e. The van der Waals surface area contributed by atoms with Crippen molar-refractivity contribution >= 4 is 15.7 Å². The molecule has 1 rings (SSSR count). The molecule has 16 heavy (non-hydrogen) atoms. The molecule has 0 atom stereocenters. The second-order valence-corrected chi connectivity index (χ2v) is 5.57. The minimum absolute atomic E-state index is 0.00794. The van der Waals surface area contributed by atoms with Crippen molar-refractivity contribution in [2.24, 2.45) is 0 Å². The number of carbonyl (C=O) groups excluding carboxylic acids is 1. The zero-order chi connectivity index (χ0) is 12.2. The highest BCUT2D eigenvalue weighted by molar-refractivity contribution is 7.90. The number of carbonyl (C=O) groups is 1. The highest BCUT2D eigenvalue weighted by Gasteiger charge is 2.09. The van der Waals surface area contributed by atoms with E-state index in [0.29, 0.717) is 0 Å². The van der Waals surface area contributed by atoms with Crippen LogP contribution in [0.3, 0.4) is 0 Å². The second-order valence-electron chi connectivity index (χ2n) is 3.31. The zero-order valence-electron chi connectivity index (χ0n) is 8.69. The van der Waals surface area contributed by atoms with Crippen molar-refractivity contribution in [1.29, 1.82) is 0 Å². The molecule has 0 bridgehead atoms. The molecule has 0 fully saturated rings. The van der Waals surface area contributed by atoms with Crippen LogP contribution in [0.4, 0.5) is 0 Å². The summed E-state index contributed by atoms with van der Waals surface area (Å²) in [5, 5.41) is 2.36. The van der Waals surface area contributed by atoms with Crippen LogP contribution in [-0.2, 0) is 9.84 Å². The molecule has 1 aromatic heterocycles. The standard InChI is InChI=1S/C9H12N2O4S/c1-16(14,15)5-4-11-9(13)7-6-10-3-2-8(7)12/h2-3,6H,4-5H2,1H3,(H,10,12)(H,11,13). The molecule has 0 aromatic carbocycles. The summed E-state index contributed by atoms with van der Waals surface area (Å²) in [6, 6.07) is 1.23. The fourth-order valence-electron chi connectivity index (χ4n) is 1.04. The van der Waals surface area contributed by atoms with Crippen LogP contribution in [0.15, 0.2) is 23.3 Å². The molecule has 0 radical (unpaired) electrons. The number of aromatic amines is 1. The summed E-state index contributed by atoms with van der Waals surface area (Å²) in [5.41, 5.74) is -0.438. The zero-order valence-corrected chi connectivity index (χ0v) is 9.50. The molecule has 6 nitrogen and oxygen atoms in total. The van der Waals surface area contributed by atoms with E-state index in [-0.39, 0.29) is 17.9 Å². The third-order valence-electron chi connectivity index (χ3n) is 1.83. The van der Waals surface area contributed by atoms with Crippen molar-refractivity contribution in [2.75, 3.05) is 18.6 Å². The van der Waals surface area contributed by atoms with Crippen LogP contribution in [0.2, 0.25) is 0 Å². The average molecular weight is 244 g/mol. The number of amides is 1. The van der Waals surface area contributed by atoms with Crippen molar-refractivity contribution < 1.29 is 13.2 Å². The molecule has 7 heteroatoms. The van der Waals surface area contributed by atoms with Crippen molar-refractivity contribution in [1.82, 2.24) is 10.3 Å². The van der Waals surface area contributed by atoms with Gasteiger partial charge < -0.3 is 10.3 Å². The molecule has 0 saturated heterocycles. The summed E-state index contributed by atoms with van der Waals surface area (Å²) < 4.78 is 21.6. The first kappa shape index (κ1) is 12.4. The first-order valence-corrected chi connectivity index (χ1v) is 6.59. The topological polar surface area (TPSA) is 96.1 Å². The van der Waals surface area contributed by atoms with Gasteiger partial charge in [0.1, 0.15) is 15.4 Å². The van der Waals surface area contributed by atoms with Crippen LogP contribution in [0.5, 0.6) is 0 Å². The van der Waals surface area contributed by atoms with E-state index in [4.69, 9.17) is 0 Å². The lowest BCUT2D eigenvalue weighted by Crippen LogP contribution is -2.32. The Morgan fingerprint density at radius 1 is 1.50 bits per heavy atom. The van der Waals surface area contributed by atoms with Gasteiger partial charge in [0.2, 0.25) is 0 Å². The first-order valence-electron chi connectivity index (χ1n) is 4.53. The molecule has 1 aromatic rings. The van der Waals surface area contributed by atoms with Crippen LogP contribution < -0.4 is 10.7 Å². The quantitative estimate of drug-likeness (QED) is 0.721. The minimum Gasteiger partial charge on any atom is -0.367 e. The number of H-pyrrole nitrogens is 1. The van der Waals surface area contributed by atoms with E-state index >= 15 is 0 Å². The molecule has 0 aliphatic rings. The lowest BCUT2D eigenvalue weighted by molar-refractivity contribution is 0.0954. The maximum Gasteiger partial charge on any atom is 0.256 e. The average Bonchev–Trinajstić information content (AvgIpc) is 2.16. The molecule has 0 aliphatic heterocycles. The lowest BCUT2D eigenvalue weighted by atomic mass is 10.2. The summed E-state index contributed by atoms with van der Waals surface area (Å²) in [4.78, 5) is 25.3. The number of hydrogen-bond acceptors (Lipinski definition) is 4. The summed E-state index contributed by atoms with van der Waals surface area (Å²) in [7, 11) is -3.11. The van der Waals surface area contributed by atoms with Crippen LogP contribution >= 0.6 is 0 Å². The van der Waals surface area contributed by atoms with Crippen LogP contribution in [-0.4, -0.2) is 37.9 Å². The third-order valence-corrected chi connectivity index (χ3v) is 2.77. The molecular formula is C9H12N2O4S. The van der Waals surface area contributed by atoms with E-state index in [2.05, 4.69) is 10.3 Å². The van der Waals surface area contributed by atoms with Gasteiger partial charge in [0.25, 0.3) is 5.91 Å². The van der Waals surface area contributed by atoms with Gasteiger partial charge in [-0.3, -0.25) is 9.59 Å². The Morgan fingerprint density at radius 3 is 2.75 bits per heavy atom. The fraction of sp³-hybridized carbons (Fsp3) is 0.333. The predicted molar refractivity (Wildman–Crippen MR) is 59.1 cm³/mol. The molecule has 1 heterocycles. The Morgan fingerprint density at radius 2 is 2.19 bits per heavy atom. The van der Waals surface area contributed by atoms with Gasteiger partial charge in [-0.15, -0.1) is 0 Å². The number of pyridine rings is 1. The van der Waals surface area contributed by atoms with Crippen LogP contribution in [0, 0.1) is 0 Å². The number of aromatic nitrogens is 1. The van der Waals surface area contributed by atoms with Crippen LogP contribution in [0.25, 0.3) is 0 Å². The lowest BCUT2D eigenvalue weighted by Gasteiger charge is -2.03. The first-order chi connectivity index (χ1) is 7.40. The fourth-order valence-corrected chi connectivity index (χ4v) is 1.51. The highest BCUT2D eigenvalue weighted by atomic mass is 32.2. The third kappa shape index (κ3) is 3.85. The van der Waals surface area contributed by atoms with Gasteiger partial charge in [-0.25, -0.2) is 8.42 Å². The van der Waals surface area contributed by atoms with Crippen molar-refractivity contribution in [3.05, 3.63) is 34.2 Å². The predicted octanol–water partition coefficient (Wildman–Crippen LogP) is -0.851. The Kier molecular flexibility index (Phi) is 3.83. The molecule has 0 unspecified atom stereocenters. The van der Waals surface area contributed by atoms with Gasteiger partial charge in [-0.2, -0.15) is 0 Å². The molecular weight excluding hydrogens is 232 g/mol. The van der Waals surface area contributed by atoms with E-state index in [9.17, 15) is 18.0 Å². The second kappa shape index (κ2) is 4.93. The number of hydrogen-bond donors (Lipinski definition) is 2. The van der Waals surface area contributed by atoms with Gasteiger partial charge >= 0.3 is 0 Å². The van der Waals surface area contributed by atoms with E-state index in [1.807, 2.05) is 0 Å². The molecule has 1 amide bonds. The molecule has 0 saturated carbocycles. The van der Waals surface area contributed by atoms with E-state index in [0.717, 1.165) is 6.26 Å². The van der Waals surface area contributed by atoms with Gasteiger partial charge in [0.15, 0.2) is 5.43 Å². The Balaban J connectivity index is 2.61. The van der Waals surface area contributed by atoms with Gasteiger partial charge in [-0.05, 0) is 0 Å². The van der Waals surface area contributed by atoms with Crippen molar-refractivity contribution in [3.63, 3.8) is 0 Å². The van der Waals surface area contributed by atoms with Gasteiger partial charge in [0, 0.05) is 31.3 Å². The van der Waals surface area contributed by atoms with Crippen molar-refractivity contribution in [2.45, 2.75) is 0 Å². The Bertz CT molecular complexity index is 532. The summed E-state index contributed by atoms with van der Waals surface area (Å²) in [6.45, 7) is -0.00794. The molecule has 0 aliphatic carbocycles. The maximum absolute atomic E-state index is 11.4. The number of rotatable bonds is 4. The number of sulfone groups is 1.